The lowest BCUT2D eigenvalue weighted by atomic mass is 10.3. The Morgan fingerprint density at radius 3 is 2.36 bits per heavy atom. The summed E-state index contributed by atoms with van der Waals surface area (Å²) in [6, 6.07) is 2.13. The molecule has 1 aromatic carbocycles. The summed E-state index contributed by atoms with van der Waals surface area (Å²) < 4.78 is 26.3. The molecule has 0 bridgehead atoms. The predicted octanol–water partition coefficient (Wildman–Crippen LogP) is 2.02. The van der Waals surface area contributed by atoms with E-state index in [0.717, 1.165) is 23.9 Å². The van der Waals surface area contributed by atoms with Gasteiger partial charge < -0.3 is 10.8 Å². The Bertz CT molecular complexity index is 308. The number of thioether (sulfide) groups is 1. The highest BCUT2D eigenvalue weighted by atomic mass is 32.2. The molecule has 1 unspecified atom stereocenters. The van der Waals surface area contributed by atoms with Gasteiger partial charge in [-0.05, 0) is 19.1 Å². The van der Waals surface area contributed by atoms with Crippen LogP contribution in [0.25, 0.3) is 0 Å². The number of rotatable bonds is 3. The smallest absolute Gasteiger partial charge is 0.141 e. The van der Waals surface area contributed by atoms with Crippen LogP contribution in [0.2, 0.25) is 0 Å². The Labute approximate surface area is 85.1 Å². The van der Waals surface area contributed by atoms with Crippen LogP contribution in [0.3, 0.4) is 0 Å². The molecular formula is C9H11F2NOS. The van der Waals surface area contributed by atoms with E-state index in [1.807, 2.05) is 0 Å². The quantitative estimate of drug-likeness (QED) is 0.604. The molecule has 1 aromatic rings. The number of hydrogen-bond acceptors (Lipinski definition) is 3. The third kappa shape index (κ3) is 2.85. The zero-order valence-corrected chi connectivity index (χ0v) is 8.44. The lowest BCUT2D eigenvalue weighted by Gasteiger charge is -2.07. The molecule has 0 fully saturated rings. The minimum absolute atomic E-state index is 0.0568. The molecule has 1 rings (SSSR count). The van der Waals surface area contributed by atoms with Crippen molar-refractivity contribution >= 4 is 17.4 Å². The first-order chi connectivity index (χ1) is 6.50. The van der Waals surface area contributed by atoms with E-state index in [2.05, 4.69) is 0 Å². The number of benzene rings is 1. The number of nitrogen functional groups attached to an aromatic ring is 1. The van der Waals surface area contributed by atoms with Crippen molar-refractivity contribution in [3.63, 3.8) is 0 Å². The Kier molecular flexibility index (Phi) is 3.71. The minimum Gasteiger partial charge on any atom is -0.399 e. The van der Waals surface area contributed by atoms with Crippen LogP contribution in [0, 0.1) is 11.6 Å². The van der Waals surface area contributed by atoms with Crippen molar-refractivity contribution in [3.8, 4) is 0 Å². The first-order valence-electron chi connectivity index (χ1n) is 4.06. The summed E-state index contributed by atoms with van der Waals surface area (Å²) in [5, 5.41) is 8.96. The van der Waals surface area contributed by atoms with Crippen LogP contribution in [0.5, 0.6) is 0 Å². The number of nitrogens with two attached hydrogens (primary N) is 1. The van der Waals surface area contributed by atoms with Gasteiger partial charge in [0.2, 0.25) is 0 Å². The third-order valence-electron chi connectivity index (χ3n) is 1.49. The van der Waals surface area contributed by atoms with Crippen LogP contribution in [0.4, 0.5) is 14.5 Å². The van der Waals surface area contributed by atoms with Crippen molar-refractivity contribution in [1.82, 2.24) is 0 Å². The maximum Gasteiger partial charge on any atom is 0.141 e. The van der Waals surface area contributed by atoms with Crippen LogP contribution in [0.1, 0.15) is 6.92 Å². The number of anilines is 1. The van der Waals surface area contributed by atoms with Gasteiger partial charge in [0.25, 0.3) is 0 Å². The average molecular weight is 219 g/mol. The zero-order chi connectivity index (χ0) is 10.7. The molecule has 14 heavy (non-hydrogen) atoms. The van der Waals surface area contributed by atoms with Gasteiger partial charge in [-0.25, -0.2) is 8.78 Å². The maximum atomic E-state index is 13.1. The van der Waals surface area contributed by atoms with E-state index >= 15 is 0 Å². The normalized spacial score (nSPS) is 12.9. The highest BCUT2D eigenvalue weighted by Crippen LogP contribution is 2.27. The summed E-state index contributed by atoms with van der Waals surface area (Å²) in [6.45, 7) is 1.56. The predicted molar refractivity (Wildman–Crippen MR) is 53.2 cm³/mol. The standard InChI is InChI=1S/C9H11F2NOS/c1-5(13)4-14-9-7(10)2-6(12)3-8(9)11/h2-3,5,13H,4,12H2,1H3. The second-order valence-corrected chi connectivity index (χ2v) is 4.00. The molecular weight excluding hydrogens is 208 g/mol. The van der Waals surface area contributed by atoms with E-state index in [1.54, 1.807) is 6.92 Å². The average Bonchev–Trinajstić information content (AvgIpc) is 2.01. The van der Waals surface area contributed by atoms with Crippen LogP contribution >= 0.6 is 11.8 Å². The van der Waals surface area contributed by atoms with Crippen molar-refractivity contribution in [2.24, 2.45) is 0 Å². The van der Waals surface area contributed by atoms with Gasteiger partial charge in [-0.3, -0.25) is 0 Å². The summed E-state index contributed by atoms with van der Waals surface area (Å²) in [6.07, 6.45) is -0.601. The molecule has 78 valence electrons. The van der Waals surface area contributed by atoms with E-state index in [1.165, 1.54) is 0 Å². The van der Waals surface area contributed by atoms with Gasteiger partial charge in [-0.1, -0.05) is 0 Å². The third-order valence-corrected chi connectivity index (χ3v) is 2.82. The van der Waals surface area contributed by atoms with E-state index in [4.69, 9.17) is 10.8 Å². The molecule has 0 saturated carbocycles. The molecule has 0 aliphatic rings. The second-order valence-electron chi connectivity index (χ2n) is 2.97. The molecule has 1 atom stereocenters. The Balaban J connectivity index is 2.86. The maximum absolute atomic E-state index is 13.1. The summed E-state index contributed by atoms with van der Waals surface area (Å²) in [5.74, 6) is -1.13. The van der Waals surface area contributed by atoms with Gasteiger partial charge in [0.15, 0.2) is 0 Å². The molecule has 0 radical (unpaired) electrons. The Morgan fingerprint density at radius 2 is 1.93 bits per heavy atom. The monoisotopic (exact) mass is 219 g/mol. The fourth-order valence-corrected chi connectivity index (χ4v) is 1.72. The van der Waals surface area contributed by atoms with Crippen LogP contribution in [0.15, 0.2) is 17.0 Å². The summed E-state index contributed by atoms with van der Waals surface area (Å²) in [4.78, 5) is -0.0971. The number of aliphatic hydroxyl groups is 1. The van der Waals surface area contributed by atoms with Gasteiger partial charge in [0, 0.05) is 11.4 Å². The second kappa shape index (κ2) is 4.61. The molecule has 0 aliphatic heterocycles. The zero-order valence-electron chi connectivity index (χ0n) is 7.63. The lowest BCUT2D eigenvalue weighted by Crippen LogP contribution is -2.03. The fraction of sp³-hybridized carbons (Fsp3) is 0.333. The molecule has 0 spiro atoms. The van der Waals surface area contributed by atoms with Gasteiger partial charge in [-0.15, -0.1) is 11.8 Å². The molecule has 0 aromatic heterocycles. The highest BCUT2D eigenvalue weighted by molar-refractivity contribution is 7.99. The molecule has 0 heterocycles. The molecule has 0 saturated heterocycles. The van der Waals surface area contributed by atoms with E-state index < -0.39 is 17.7 Å². The van der Waals surface area contributed by atoms with E-state index in [-0.39, 0.29) is 16.3 Å². The van der Waals surface area contributed by atoms with Crippen molar-refractivity contribution in [2.45, 2.75) is 17.9 Å². The number of halogens is 2. The van der Waals surface area contributed by atoms with Gasteiger partial charge in [0.1, 0.15) is 11.6 Å². The summed E-state index contributed by atoms with van der Waals surface area (Å²) in [7, 11) is 0. The molecule has 0 amide bonds. The van der Waals surface area contributed by atoms with Crippen LogP contribution in [-0.4, -0.2) is 17.0 Å². The largest absolute Gasteiger partial charge is 0.399 e. The van der Waals surface area contributed by atoms with Gasteiger partial charge in [0.05, 0.1) is 11.0 Å². The van der Waals surface area contributed by atoms with Crippen molar-refractivity contribution in [3.05, 3.63) is 23.8 Å². The van der Waals surface area contributed by atoms with Crippen molar-refractivity contribution in [1.29, 1.82) is 0 Å². The summed E-state index contributed by atoms with van der Waals surface area (Å²) in [5.41, 5.74) is 5.30. The topological polar surface area (TPSA) is 46.2 Å². The molecule has 2 nitrogen and oxygen atoms in total. The van der Waals surface area contributed by atoms with E-state index in [0.29, 0.717) is 0 Å². The van der Waals surface area contributed by atoms with Gasteiger partial charge >= 0.3 is 0 Å². The van der Waals surface area contributed by atoms with Crippen LogP contribution < -0.4 is 5.73 Å². The fourth-order valence-electron chi connectivity index (χ4n) is 0.921. The summed E-state index contributed by atoms with van der Waals surface area (Å²) >= 11 is 0.935. The SMILES string of the molecule is CC(O)CSc1c(F)cc(N)cc1F. The van der Waals surface area contributed by atoms with Gasteiger partial charge in [-0.2, -0.15) is 0 Å². The molecule has 3 N–H and O–H groups in total. The van der Waals surface area contributed by atoms with Crippen molar-refractivity contribution < 1.29 is 13.9 Å². The molecule has 0 aliphatic carbocycles. The highest BCUT2D eigenvalue weighted by Gasteiger charge is 2.11. The molecule has 5 heteroatoms. The Hall–Kier alpha value is -0.810. The van der Waals surface area contributed by atoms with Crippen LogP contribution in [-0.2, 0) is 0 Å². The first kappa shape index (κ1) is 11.3. The first-order valence-corrected chi connectivity index (χ1v) is 5.04. The lowest BCUT2D eigenvalue weighted by molar-refractivity contribution is 0.220. The van der Waals surface area contributed by atoms with Crippen molar-refractivity contribution in [2.75, 3.05) is 11.5 Å². The number of aliphatic hydroxyl groups excluding tert-OH is 1. The Morgan fingerprint density at radius 1 is 1.43 bits per heavy atom. The minimum atomic E-state index is -0.687. The number of hydrogen-bond donors (Lipinski definition) is 2. The van der Waals surface area contributed by atoms with E-state index in [9.17, 15) is 8.78 Å².